The van der Waals surface area contributed by atoms with Crippen LogP contribution < -0.4 is 0 Å². The van der Waals surface area contributed by atoms with E-state index in [0.29, 0.717) is 0 Å². The Balaban J connectivity index is 0. The Morgan fingerprint density at radius 3 is 1.23 bits per heavy atom. The van der Waals surface area contributed by atoms with E-state index in [9.17, 15) is 9.59 Å². The minimum Gasteiger partial charge on any atom is -0.303 e. The van der Waals surface area contributed by atoms with Crippen molar-refractivity contribution < 1.29 is 9.59 Å². The van der Waals surface area contributed by atoms with Crippen LogP contribution in [0.4, 0.5) is 0 Å². The van der Waals surface area contributed by atoms with Crippen LogP contribution in [-0.2, 0) is 9.59 Å². The molecule has 0 saturated heterocycles. The minimum atomic E-state index is 0.204. The standard InChI is InChI=1S/C16H32O.C4H8O/c1-2-3-4-5-6-7-8-9-10-11-12-13-14-15-16-17;1-4(2)3-5/h16H,2-15H2,1H3;3-4H,1-2H3. The molecule has 0 rings (SSSR count). The van der Waals surface area contributed by atoms with Crippen LogP contribution in [0.2, 0.25) is 0 Å². The van der Waals surface area contributed by atoms with Crippen LogP contribution in [-0.4, -0.2) is 12.6 Å². The van der Waals surface area contributed by atoms with E-state index in [1.165, 1.54) is 77.0 Å². The summed E-state index contributed by atoms with van der Waals surface area (Å²) in [4.78, 5) is 19.6. The molecule has 2 heteroatoms. The Labute approximate surface area is 139 Å². The average molecular weight is 313 g/mol. The molecule has 22 heavy (non-hydrogen) atoms. The SMILES string of the molecule is CC(C)C=O.CCCCCCCCCCCCCCCC=O. The lowest BCUT2D eigenvalue weighted by Crippen LogP contribution is -1.83. The molecular formula is C20H40O2. The predicted molar refractivity (Wildman–Crippen MR) is 97.3 cm³/mol. The van der Waals surface area contributed by atoms with Crippen LogP contribution in [0.15, 0.2) is 0 Å². The summed E-state index contributed by atoms with van der Waals surface area (Å²) < 4.78 is 0. The van der Waals surface area contributed by atoms with Crippen LogP contribution in [0, 0.1) is 5.92 Å². The number of rotatable bonds is 15. The zero-order valence-corrected chi connectivity index (χ0v) is 15.4. The molecule has 0 fully saturated rings. The topological polar surface area (TPSA) is 34.1 Å². The molecule has 0 aromatic heterocycles. The van der Waals surface area contributed by atoms with Gasteiger partial charge in [0, 0.05) is 12.3 Å². The maximum absolute atomic E-state index is 10.1. The van der Waals surface area contributed by atoms with E-state index in [-0.39, 0.29) is 5.92 Å². The van der Waals surface area contributed by atoms with Gasteiger partial charge in [-0.15, -0.1) is 0 Å². The normalized spacial score (nSPS) is 10.2. The lowest BCUT2D eigenvalue weighted by atomic mass is 10.0. The fraction of sp³-hybridized carbons (Fsp3) is 0.900. The van der Waals surface area contributed by atoms with Gasteiger partial charge in [-0.2, -0.15) is 0 Å². The maximum Gasteiger partial charge on any atom is 0.122 e. The number of carbonyl (C=O) groups excluding carboxylic acids is 2. The first-order valence-corrected chi connectivity index (χ1v) is 9.57. The number of carbonyl (C=O) groups is 2. The van der Waals surface area contributed by atoms with Gasteiger partial charge in [0.05, 0.1) is 0 Å². The van der Waals surface area contributed by atoms with Crippen LogP contribution in [0.3, 0.4) is 0 Å². The van der Waals surface area contributed by atoms with Crippen molar-refractivity contribution in [1.29, 1.82) is 0 Å². The van der Waals surface area contributed by atoms with Crippen molar-refractivity contribution in [1.82, 2.24) is 0 Å². The van der Waals surface area contributed by atoms with Gasteiger partial charge >= 0.3 is 0 Å². The first kappa shape index (κ1) is 23.6. The second kappa shape index (κ2) is 22.6. The number of unbranched alkanes of at least 4 members (excludes halogenated alkanes) is 13. The van der Waals surface area contributed by atoms with E-state index < -0.39 is 0 Å². The minimum absolute atomic E-state index is 0.204. The molecule has 132 valence electrons. The van der Waals surface area contributed by atoms with E-state index in [2.05, 4.69) is 6.92 Å². The molecule has 0 bridgehead atoms. The summed E-state index contributed by atoms with van der Waals surface area (Å²) in [6.07, 6.45) is 20.5. The molecule has 0 N–H and O–H groups in total. The van der Waals surface area contributed by atoms with Crippen LogP contribution in [0.1, 0.15) is 111 Å². The Morgan fingerprint density at radius 2 is 0.955 bits per heavy atom. The van der Waals surface area contributed by atoms with Gasteiger partial charge in [-0.25, -0.2) is 0 Å². The zero-order chi connectivity index (χ0) is 16.9. The third-order valence-corrected chi connectivity index (χ3v) is 3.70. The Kier molecular flexibility index (Phi) is 24.3. The highest BCUT2D eigenvalue weighted by molar-refractivity contribution is 5.51. The van der Waals surface area contributed by atoms with Gasteiger partial charge in [-0.3, -0.25) is 0 Å². The predicted octanol–water partition coefficient (Wildman–Crippen LogP) is 6.51. The quantitative estimate of drug-likeness (QED) is 0.255. The van der Waals surface area contributed by atoms with Gasteiger partial charge in [-0.05, 0) is 6.42 Å². The van der Waals surface area contributed by atoms with Crippen molar-refractivity contribution in [2.45, 2.75) is 111 Å². The third-order valence-electron chi connectivity index (χ3n) is 3.70. The molecule has 0 aliphatic carbocycles. The summed E-state index contributed by atoms with van der Waals surface area (Å²) >= 11 is 0. The number of hydrogen-bond donors (Lipinski definition) is 0. The molecule has 0 aromatic rings. The van der Waals surface area contributed by atoms with Gasteiger partial charge in [0.25, 0.3) is 0 Å². The second-order valence-corrected chi connectivity index (χ2v) is 6.58. The van der Waals surface area contributed by atoms with Crippen LogP contribution >= 0.6 is 0 Å². The largest absolute Gasteiger partial charge is 0.303 e. The molecule has 0 radical (unpaired) electrons. The van der Waals surface area contributed by atoms with Crippen molar-refractivity contribution in [2.75, 3.05) is 0 Å². The van der Waals surface area contributed by atoms with Crippen molar-refractivity contribution in [2.24, 2.45) is 5.92 Å². The van der Waals surface area contributed by atoms with Crippen molar-refractivity contribution in [3.63, 3.8) is 0 Å². The molecule has 0 aliphatic heterocycles. The molecule has 2 nitrogen and oxygen atoms in total. The van der Waals surface area contributed by atoms with Gasteiger partial charge in [0.15, 0.2) is 0 Å². The van der Waals surface area contributed by atoms with Gasteiger partial charge in [-0.1, -0.05) is 97.8 Å². The summed E-state index contributed by atoms with van der Waals surface area (Å²) in [5.74, 6) is 0.204. The smallest absolute Gasteiger partial charge is 0.122 e. The van der Waals surface area contributed by atoms with Crippen molar-refractivity contribution in [3.05, 3.63) is 0 Å². The second-order valence-electron chi connectivity index (χ2n) is 6.58. The summed E-state index contributed by atoms with van der Waals surface area (Å²) in [5.41, 5.74) is 0. The lowest BCUT2D eigenvalue weighted by molar-refractivity contribution is -0.110. The third kappa shape index (κ3) is 27.6. The fourth-order valence-electron chi connectivity index (χ4n) is 2.25. The van der Waals surface area contributed by atoms with Gasteiger partial charge < -0.3 is 9.59 Å². The molecule has 0 unspecified atom stereocenters. The van der Waals surface area contributed by atoms with E-state index in [1.54, 1.807) is 0 Å². The molecule has 0 heterocycles. The summed E-state index contributed by atoms with van der Waals surface area (Å²) in [7, 11) is 0. The van der Waals surface area contributed by atoms with E-state index in [4.69, 9.17) is 0 Å². The average Bonchev–Trinajstić information content (AvgIpc) is 2.52. The molecule has 0 aliphatic rings. The molecule has 0 atom stereocenters. The number of hydrogen-bond acceptors (Lipinski definition) is 2. The highest BCUT2D eigenvalue weighted by Crippen LogP contribution is 2.12. The highest BCUT2D eigenvalue weighted by atomic mass is 16.1. The Morgan fingerprint density at radius 1 is 0.636 bits per heavy atom. The molecule has 0 amide bonds. The molecule has 0 saturated carbocycles. The maximum atomic E-state index is 10.1. The van der Waals surface area contributed by atoms with Crippen molar-refractivity contribution >= 4 is 12.6 Å². The zero-order valence-electron chi connectivity index (χ0n) is 15.4. The molecular weight excluding hydrogens is 272 g/mol. The van der Waals surface area contributed by atoms with Crippen LogP contribution in [0.5, 0.6) is 0 Å². The summed E-state index contributed by atoms with van der Waals surface area (Å²) in [6, 6.07) is 0. The van der Waals surface area contributed by atoms with Gasteiger partial charge in [0.2, 0.25) is 0 Å². The first-order chi connectivity index (χ1) is 10.7. The Bertz CT molecular complexity index is 212. The lowest BCUT2D eigenvalue weighted by Gasteiger charge is -2.02. The molecule has 0 spiro atoms. The number of aldehydes is 2. The first-order valence-electron chi connectivity index (χ1n) is 9.57. The summed E-state index contributed by atoms with van der Waals surface area (Å²) in [6.45, 7) is 5.98. The summed E-state index contributed by atoms with van der Waals surface area (Å²) in [5, 5.41) is 0. The Hall–Kier alpha value is -0.660. The van der Waals surface area contributed by atoms with E-state index in [0.717, 1.165) is 25.4 Å². The molecule has 0 aromatic carbocycles. The monoisotopic (exact) mass is 312 g/mol. The fourth-order valence-corrected chi connectivity index (χ4v) is 2.25. The van der Waals surface area contributed by atoms with E-state index >= 15 is 0 Å². The van der Waals surface area contributed by atoms with Gasteiger partial charge in [0.1, 0.15) is 12.6 Å². The van der Waals surface area contributed by atoms with E-state index in [1.807, 2.05) is 13.8 Å². The highest BCUT2D eigenvalue weighted by Gasteiger charge is 1.93. The van der Waals surface area contributed by atoms with Crippen LogP contribution in [0.25, 0.3) is 0 Å². The van der Waals surface area contributed by atoms with Crippen molar-refractivity contribution in [3.8, 4) is 0 Å².